The molecule has 2 N–H and O–H groups in total. The van der Waals surface area contributed by atoms with Crippen LogP contribution in [-0.2, 0) is 16.6 Å². The van der Waals surface area contributed by atoms with Crippen LogP contribution in [-0.4, -0.2) is 61.1 Å². The number of nitrogens with zero attached hydrogens (tertiary/aromatic N) is 3. The molecule has 0 atom stereocenters. The van der Waals surface area contributed by atoms with Gasteiger partial charge >= 0.3 is 5.69 Å². The van der Waals surface area contributed by atoms with Crippen molar-refractivity contribution in [1.82, 2.24) is 24.1 Å². The summed E-state index contributed by atoms with van der Waals surface area (Å²) >= 11 is 0. The zero-order valence-corrected chi connectivity index (χ0v) is 22.5. The van der Waals surface area contributed by atoms with Gasteiger partial charge in [0.25, 0.3) is 5.91 Å². The highest BCUT2D eigenvalue weighted by Crippen LogP contribution is 2.28. The Bertz CT molecular complexity index is 1620. The lowest BCUT2D eigenvalue weighted by Gasteiger charge is -2.28. The number of amides is 1. The van der Waals surface area contributed by atoms with E-state index in [1.54, 1.807) is 27.7 Å². The van der Waals surface area contributed by atoms with E-state index in [4.69, 9.17) is 0 Å². The smallest absolute Gasteiger partial charge is 0.333 e. The van der Waals surface area contributed by atoms with Gasteiger partial charge in [-0.3, -0.25) is 13.9 Å². The number of nitrogens with one attached hydrogen (secondary N) is 2. The van der Waals surface area contributed by atoms with Gasteiger partial charge in [-0.05, 0) is 30.7 Å². The fourth-order valence-corrected chi connectivity index (χ4v) is 5.90. The maximum atomic E-state index is 14.1. The van der Waals surface area contributed by atoms with Crippen LogP contribution in [0.15, 0.2) is 94.6 Å². The fourth-order valence-electron chi connectivity index (χ4n) is 4.86. The average molecular weight is 546 g/mol. The molecule has 1 saturated heterocycles. The van der Waals surface area contributed by atoms with E-state index in [9.17, 15) is 18.0 Å². The lowest BCUT2D eigenvalue weighted by molar-refractivity contribution is 0.0725. The first-order valence-corrected chi connectivity index (χ1v) is 14.4. The second-order valence-electron chi connectivity index (χ2n) is 9.37. The molecular formula is C29H31N5O4S. The largest absolute Gasteiger partial charge is 0.335 e. The van der Waals surface area contributed by atoms with Crippen LogP contribution in [0.3, 0.4) is 0 Å². The molecule has 0 aliphatic carbocycles. The quantitative estimate of drug-likeness (QED) is 0.354. The summed E-state index contributed by atoms with van der Waals surface area (Å²) < 4.78 is 31.3. The first kappa shape index (κ1) is 26.6. The van der Waals surface area contributed by atoms with Gasteiger partial charge in [0.1, 0.15) is 5.69 Å². The van der Waals surface area contributed by atoms with E-state index < -0.39 is 15.7 Å². The van der Waals surface area contributed by atoms with Crippen LogP contribution in [0.4, 0.5) is 0 Å². The summed E-state index contributed by atoms with van der Waals surface area (Å²) in [4.78, 5) is 30.1. The van der Waals surface area contributed by atoms with E-state index in [-0.39, 0.29) is 29.6 Å². The predicted octanol–water partition coefficient (Wildman–Crippen LogP) is 2.64. The summed E-state index contributed by atoms with van der Waals surface area (Å²) in [6, 6.07) is 24.9. The van der Waals surface area contributed by atoms with E-state index >= 15 is 0 Å². The third kappa shape index (κ3) is 5.44. The summed E-state index contributed by atoms with van der Waals surface area (Å²) in [6.45, 7) is 4.17. The van der Waals surface area contributed by atoms with E-state index in [1.165, 1.54) is 16.7 Å². The molecule has 1 aliphatic heterocycles. The van der Waals surface area contributed by atoms with Gasteiger partial charge < -0.3 is 10.2 Å². The zero-order chi connectivity index (χ0) is 27.4. The van der Waals surface area contributed by atoms with E-state index in [0.29, 0.717) is 37.6 Å². The number of para-hydroxylation sites is 1. The van der Waals surface area contributed by atoms with Crippen molar-refractivity contribution in [3.63, 3.8) is 0 Å². The van der Waals surface area contributed by atoms with Crippen LogP contribution in [0, 0.1) is 6.92 Å². The number of benzene rings is 3. The molecule has 0 bridgehead atoms. The molecule has 1 aliphatic rings. The molecule has 0 unspecified atom stereocenters. The van der Waals surface area contributed by atoms with Crippen molar-refractivity contribution < 1.29 is 13.2 Å². The van der Waals surface area contributed by atoms with Gasteiger partial charge in [0.15, 0.2) is 0 Å². The second kappa shape index (κ2) is 11.4. The number of aryl methyl sites for hydroxylation is 1. The van der Waals surface area contributed by atoms with Crippen LogP contribution in [0.1, 0.15) is 16.1 Å². The number of carbonyl (C=O) groups excluding carboxylic acids is 1. The maximum Gasteiger partial charge on any atom is 0.333 e. The highest BCUT2D eigenvalue weighted by molar-refractivity contribution is 7.89. The Morgan fingerprint density at radius 3 is 2.18 bits per heavy atom. The van der Waals surface area contributed by atoms with Crippen LogP contribution in [0.25, 0.3) is 16.9 Å². The Kier molecular flexibility index (Phi) is 7.78. The van der Waals surface area contributed by atoms with Crippen molar-refractivity contribution in [3.8, 4) is 16.9 Å². The monoisotopic (exact) mass is 545 g/mol. The minimum Gasteiger partial charge on any atom is -0.335 e. The van der Waals surface area contributed by atoms with Crippen LogP contribution < -0.4 is 15.7 Å². The number of rotatable bonds is 8. The highest BCUT2D eigenvalue weighted by atomic mass is 32.2. The Morgan fingerprint density at radius 2 is 1.51 bits per heavy atom. The summed E-state index contributed by atoms with van der Waals surface area (Å²) in [5.74, 6) is -0.259. The molecule has 202 valence electrons. The first-order chi connectivity index (χ1) is 18.9. The molecule has 0 spiro atoms. The summed E-state index contributed by atoms with van der Waals surface area (Å²) in [7, 11) is -3.79. The summed E-state index contributed by atoms with van der Waals surface area (Å²) in [5, 5.41) is 3.25. The number of aromatic nitrogens is 2. The Hall–Kier alpha value is -3.99. The molecule has 3 aromatic carbocycles. The average Bonchev–Trinajstić information content (AvgIpc) is 3.25. The lowest BCUT2D eigenvalue weighted by atomic mass is 10.1. The Morgan fingerprint density at radius 1 is 0.897 bits per heavy atom. The first-order valence-electron chi connectivity index (χ1n) is 12.9. The van der Waals surface area contributed by atoms with Crippen molar-refractivity contribution in [1.29, 1.82) is 0 Å². The predicted molar refractivity (Wildman–Crippen MR) is 151 cm³/mol. The van der Waals surface area contributed by atoms with E-state index in [1.807, 2.05) is 61.5 Å². The van der Waals surface area contributed by atoms with Crippen molar-refractivity contribution in [2.45, 2.75) is 18.4 Å². The van der Waals surface area contributed by atoms with Crippen molar-refractivity contribution in [2.24, 2.45) is 0 Å². The van der Waals surface area contributed by atoms with Crippen molar-refractivity contribution >= 4 is 15.9 Å². The summed E-state index contributed by atoms with van der Waals surface area (Å²) in [5.41, 5.74) is 2.60. The number of piperazine rings is 1. The molecule has 1 aromatic heterocycles. The van der Waals surface area contributed by atoms with Gasteiger partial charge in [-0.15, -0.1) is 0 Å². The highest BCUT2D eigenvalue weighted by Gasteiger charge is 2.31. The van der Waals surface area contributed by atoms with Crippen LogP contribution in [0.2, 0.25) is 0 Å². The fraction of sp³-hybridized carbons (Fsp3) is 0.241. The molecule has 1 fully saturated rings. The molecule has 9 nitrogen and oxygen atoms in total. The SMILES string of the molecule is Cc1ccccc1-n1c(-c2ccccc2)c(C(=O)N2CCNCC2)n(CCNS(=O)(=O)c2ccccc2)c1=O. The molecule has 0 radical (unpaired) electrons. The lowest BCUT2D eigenvalue weighted by Crippen LogP contribution is -2.47. The van der Waals surface area contributed by atoms with E-state index in [2.05, 4.69) is 10.0 Å². The Labute approximate surface area is 227 Å². The van der Waals surface area contributed by atoms with Gasteiger partial charge in [0.05, 0.1) is 16.3 Å². The van der Waals surface area contributed by atoms with Crippen LogP contribution in [0.5, 0.6) is 0 Å². The standard InChI is InChI=1S/C29H31N5O4S/c1-22-10-8-9-15-25(22)34-26(23-11-4-2-5-12-23)27(28(35)32-19-16-30-17-20-32)33(29(34)36)21-18-31-39(37,38)24-13-6-3-7-14-24/h2-15,30-31H,16-21H2,1H3. The van der Waals surface area contributed by atoms with Gasteiger partial charge in [0.2, 0.25) is 10.0 Å². The molecule has 39 heavy (non-hydrogen) atoms. The minimum absolute atomic E-state index is 0.0171. The Balaban J connectivity index is 1.64. The molecule has 5 rings (SSSR count). The number of hydrogen-bond donors (Lipinski definition) is 2. The second-order valence-corrected chi connectivity index (χ2v) is 11.1. The normalized spacial score (nSPS) is 13.9. The van der Waals surface area contributed by atoms with Gasteiger partial charge in [-0.2, -0.15) is 0 Å². The number of imidazole rings is 1. The zero-order valence-electron chi connectivity index (χ0n) is 21.7. The van der Waals surface area contributed by atoms with Crippen molar-refractivity contribution in [3.05, 3.63) is 107 Å². The molecule has 4 aromatic rings. The van der Waals surface area contributed by atoms with Crippen molar-refractivity contribution in [2.75, 3.05) is 32.7 Å². The van der Waals surface area contributed by atoms with Gasteiger partial charge in [0, 0.05) is 44.8 Å². The third-order valence-corrected chi connectivity index (χ3v) is 8.31. The molecule has 0 saturated carbocycles. The maximum absolute atomic E-state index is 14.1. The summed E-state index contributed by atoms with van der Waals surface area (Å²) in [6.07, 6.45) is 0. The third-order valence-electron chi connectivity index (χ3n) is 6.83. The number of hydrogen-bond acceptors (Lipinski definition) is 5. The molecule has 1 amide bonds. The minimum atomic E-state index is -3.79. The molecule has 2 heterocycles. The molecular weight excluding hydrogens is 514 g/mol. The topological polar surface area (TPSA) is 105 Å². The van der Waals surface area contributed by atoms with Gasteiger partial charge in [-0.25, -0.2) is 17.9 Å². The van der Waals surface area contributed by atoms with E-state index in [0.717, 1.165) is 11.1 Å². The molecule has 10 heteroatoms. The number of sulfonamides is 1. The van der Waals surface area contributed by atoms with Gasteiger partial charge in [-0.1, -0.05) is 66.7 Å². The number of carbonyl (C=O) groups is 1. The van der Waals surface area contributed by atoms with Crippen LogP contribution >= 0.6 is 0 Å².